The number of carbonyl (C=O) groups is 3. The van der Waals surface area contributed by atoms with E-state index in [2.05, 4.69) is 15.6 Å². The molecule has 1 aromatic heterocycles. The SMILES string of the molecule is CCNC(=O)c1cccc(CNC(=O)C2CC(=O)N(Cc3ccccn3)C2)c1. The Kier molecular flexibility index (Phi) is 6.37. The van der Waals surface area contributed by atoms with E-state index >= 15 is 0 Å². The van der Waals surface area contributed by atoms with Gasteiger partial charge in [-0.05, 0) is 36.8 Å². The average Bonchev–Trinajstić information content (AvgIpc) is 3.08. The summed E-state index contributed by atoms with van der Waals surface area (Å²) in [6.45, 7) is 3.54. The van der Waals surface area contributed by atoms with Gasteiger partial charge in [0.15, 0.2) is 0 Å². The van der Waals surface area contributed by atoms with Crippen LogP contribution in [0.1, 0.15) is 35.0 Å². The third kappa shape index (κ3) is 4.94. The number of carbonyl (C=O) groups excluding carboxylic acids is 3. The molecule has 7 nitrogen and oxygen atoms in total. The van der Waals surface area contributed by atoms with Crippen molar-refractivity contribution in [2.45, 2.75) is 26.4 Å². The van der Waals surface area contributed by atoms with Crippen LogP contribution in [0.5, 0.6) is 0 Å². The van der Waals surface area contributed by atoms with Crippen molar-refractivity contribution >= 4 is 17.7 Å². The Morgan fingerprint density at radius 2 is 2.04 bits per heavy atom. The second-order valence-electron chi connectivity index (χ2n) is 6.77. The summed E-state index contributed by atoms with van der Waals surface area (Å²) in [6, 6.07) is 12.7. The highest BCUT2D eigenvalue weighted by Crippen LogP contribution is 2.20. The van der Waals surface area contributed by atoms with Crippen molar-refractivity contribution in [2.75, 3.05) is 13.1 Å². The minimum atomic E-state index is -0.372. The first-order valence-corrected chi connectivity index (χ1v) is 9.39. The lowest BCUT2D eigenvalue weighted by Gasteiger charge is -2.16. The number of hydrogen-bond acceptors (Lipinski definition) is 4. The molecule has 1 unspecified atom stereocenters. The lowest BCUT2D eigenvalue weighted by molar-refractivity contribution is -0.129. The summed E-state index contributed by atoms with van der Waals surface area (Å²) in [4.78, 5) is 42.5. The van der Waals surface area contributed by atoms with Crippen LogP contribution in [0.3, 0.4) is 0 Å². The van der Waals surface area contributed by atoms with Crippen LogP contribution < -0.4 is 10.6 Å². The standard InChI is InChI=1S/C21H24N4O3/c1-2-22-20(27)16-7-5-6-15(10-16)12-24-21(28)17-11-19(26)25(13-17)14-18-8-3-4-9-23-18/h3-10,17H,2,11-14H2,1H3,(H,22,27)(H,24,28). The first kappa shape index (κ1) is 19.5. The van der Waals surface area contributed by atoms with Gasteiger partial charge in [0.2, 0.25) is 11.8 Å². The second-order valence-corrected chi connectivity index (χ2v) is 6.77. The van der Waals surface area contributed by atoms with E-state index in [9.17, 15) is 14.4 Å². The number of pyridine rings is 1. The molecule has 146 valence electrons. The normalized spacial score (nSPS) is 16.1. The Morgan fingerprint density at radius 1 is 1.18 bits per heavy atom. The average molecular weight is 380 g/mol. The van der Waals surface area contributed by atoms with E-state index in [-0.39, 0.29) is 30.1 Å². The molecular weight excluding hydrogens is 356 g/mol. The van der Waals surface area contributed by atoms with Gasteiger partial charge in [-0.15, -0.1) is 0 Å². The van der Waals surface area contributed by atoms with Gasteiger partial charge in [-0.3, -0.25) is 19.4 Å². The highest BCUT2D eigenvalue weighted by Gasteiger charge is 2.34. The summed E-state index contributed by atoms with van der Waals surface area (Å²) in [5.74, 6) is -0.700. The minimum absolute atomic E-state index is 0.0379. The maximum absolute atomic E-state index is 12.5. The van der Waals surface area contributed by atoms with Gasteiger partial charge in [0, 0.05) is 37.8 Å². The van der Waals surface area contributed by atoms with E-state index in [1.54, 1.807) is 29.3 Å². The molecule has 0 aliphatic carbocycles. The third-order valence-electron chi connectivity index (χ3n) is 4.66. The van der Waals surface area contributed by atoms with Crippen LogP contribution >= 0.6 is 0 Å². The van der Waals surface area contributed by atoms with E-state index in [1.807, 2.05) is 31.2 Å². The molecule has 0 bridgehead atoms. The second kappa shape index (κ2) is 9.12. The first-order chi connectivity index (χ1) is 13.6. The Hall–Kier alpha value is -3.22. The quantitative estimate of drug-likeness (QED) is 0.761. The molecule has 28 heavy (non-hydrogen) atoms. The summed E-state index contributed by atoms with van der Waals surface area (Å²) in [6.07, 6.45) is 1.90. The molecule has 1 atom stereocenters. The maximum Gasteiger partial charge on any atom is 0.251 e. The molecule has 0 saturated carbocycles. The molecule has 0 radical (unpaired) electrons. The highest BCUT2D eigenvalue weighted by molar-refractivity contribution is 5.94. The Balaban J connectivity index is 1.53. The molecule has 1 aliphatic rings. The van der Waals surface area contributed by atoms with Gasteiger partial charge in [0.05, 0.1) is 18.2 Å². The fourth-order valence-corrected chi connectivity index (χ4v) is 3.21. The van der Waals surface area contributed by atoms with Crippen molar-refractivity contribution in [1.29, 1.82) is 0 Å². The summed E-state index contributed by atoms with van der Waals surface area (Å²) in [5, 5.41) is 5.63. The lowest BCUT2D eigenvalue weighted by Crippen LogP contribution is -2.32. The topological polar surface area (TPSA) is 91.4 Å². The van der Waals surface area contributed by atoms with E-state index in [0.717, 1.165) is 11.3 Å². The molecule has 1 saturated heterocycles. The van der Waals surface area contributed by atoms with E-state index in [4.69, 9.17) is 0 Å². The zero-order valence-electron chi connectivity index (χ0n) is 15.9. The van der Waals surface area contributed by atoms with Crippen LogP contribution in [0.25, 0.3) is 0 Å². The molecule has 1 fully saturated rings. The summed E-state index contributed by atoms with van der Waals surface area (Å²) in [7, 11) is 0. The number of nitrogens with one attached hydrogen (secondary N) is 2. The van der Waals surface area contributed by atoms with Gasteiger partial charge in [-0.25, -0.2) is 0 Å². The van der Waals surface area contributed by atoms with Crippen LogP contribution in [0.4, 0.5) is 0 Å². The molecule has 3 amide bonds. The third-order valence-corrected chi connectivity index (χ3v) is 4.66. The molecule has 2 heterocycles. The minimum Gasteiger partial charge on any atom is -0.352 e. The molecule has 1 aromatic carbocycles. The van der Waals surface area contributed by atoms with Crippen LogP contribution in [0.15, 0.2) is 48.7 Å². The molecule has 2 N–H and O–H groups in total. The zero-order chi connectivity index (χ0) is 19.9. The smallest absolute Gasteiger partial charge is 0.251 e. The van der Waals surface area contributed by atoms with Crippen LogP contribution in [-0.4, -0.2) is 40.7 Å². The Labute approximate surface area is 164 Å². The van der Waals surface area contributed by atoms with E-state index < -0.39 is 0 Å². The van der Waals surface area contributed by atoms with Gasteiger partial charge in [-0.2, -0.15) is 0 Å². The molecular formula is C21H24N4O3. The number of benzene rings is 1. The number of likely N-dealkylation sites (tertiary alicyclic amines) is 1. The van der Waals surface area contributed by atoms with E-state index in [1.165, 1.54) is 0 Å². The predicted molar refractivity (Wildman–Crippen MR) is 104 cm³/mol. The van der Waals surface area contributed by atoms with Crippen molar-refractivity contribution < 1.29 is 14.4 Å². The highest BCUT2D eigenvalue weighted by atomic mass is 16.2. The number of amides is 3. The van der Waals surface area contributed by atoms with Gasteiger partial charge in [0.1, 0.15) is 0 Å². The van der Waals surface area contributed by atoms with Crippen LogP contribution in [-0.2, 0) is 22.7 Å². The fourth-order valence-electron chi connectivity index (χ4n) is 3.21. The predicted octanol–water partition coefficient (Wildman–Crippen LogP) is 1.50. The van der Waals surface area contributed by atoms with Gasteiger partial charge >= 0.3 is 0 Å². The van der Waals surface area contributed by atoms with Crippen molar-refractivity contribution in [2.24, 2.45) is 5.92 Å². The molecule has 7 heteroatoms. The number of aromatic nitrogens is 1. The van der Waals surface area contributed by atoms with Crippen molar-refractivity contribution in [3.8, 4) is 0 Å². The van der Waals surface area contributed by atoms with Gasteiger partial charge in [-0.1, -0.05) is 18.2 Å². The number of nitrogens with zero attached hydrogens (tertiary/aromatic N) is 2. The zero-order valence-corrected chi connectivity index (χ0v) is 15.9. The summed E-state index contributed by atoms with van der Waals surface area (Å²) >= 11 is 0. The monoisotopic (exact) mass is 380 g/mol. The molecule has 1 aliphatic heterocycles. The largest absolute Gasteiger partial charge is 0.352 e. The fraction of sp³-hybridized carbons (Fsp3) is 0.333. The molecule has 0 spiro atoms. The lowest BCUT2D eigenvalue weighted by atomic mass is 10.1. The Morgan fingerprint density at radius 3 is 2.79 bits per heavy atom. The first-order valence-electron chi connectivity index (χ1n) is 9.39. The van der Waals surface area contributed by atoms with Crippen molar-refractivity contribution in [3.05, 3.63) is 65.5 Å². The maximum atomic E-state index is 12.5. The van der Waals surface area contributed by atoms with Crippen molar-refractivity contribution in [1.82, 2.24) is 20.5 Å². The summed E-state index contributed by atoms with van der Waals surface area (Å²) < 4.78 is 0. The van der Waals surface area contributed by atoms with Crippen molar-refractivity contribution in [3.63, 3.8) is 0 Å². The van der Waals surface area contributed by atoms with Gasteiger partial charge in [0.25, 0.3) is 5.91 Å². The van der Waals surface area contributed by atoms with E-state index in [0.29, 0.717) is 31.7 Å². The molecule has 3 rings (SSSR count). The number of hydrogen-bond donors (Lipinski definition) is 2. The molecule has 2 aromatic rings. The summed E-state index contributed by atoms with van der Waals surface area (Å²) in [5.41, 5.74) is 2.21. The number of rotatable bonds is 7. The van der Waals surface area contributed by atoms with Gasteiger partial charge < -0.3 is 15.5 Å². The van der Waals surface area contributed by atoms with Crippen LogP contribution in [0, 0.1) is 5.92 Å². The van der Waals surface area contributed by atoms with Crippen LogP contribution in [0.2, 0.25) is 0 Å². The Bertz CT molecular complexity index is 854.